The van der Waals surface area contributed by atoms with Crippen molar-refractivity contribution in [1.29, 1.82) is 0 Å². The molecule has 16 heavy (non-hydrogen) atoms. The lowest BCUT2D eigenvalue weighted by molar-refractivity contribution is 0.0171. The van der Waals surface area contributed by atoms with Crippen LogP contribution in [-0.2, 0) is 0 Å². The molecule has 0 bridgehead atoms. The molecule has 0 fully saturated rings. The summed E-state index contributed by atoms with van der Waals surface area (Å²) in [5.74, 6) is 0.538. The van der Waals surface area contributed by atoms with Gasteiger partial charge in [0.15, 0.2) is 0 Å². The summed E-state index contributed by atoms with van der Waals surface area (Å²) in [5, 5.41) is 19.5. The summed E-state index contributed by atoms with van der Waals surface area (Å²) < 4.78 is 0. The lowest BCUT2D eigenvalue weighted by atomic mass is 10.0. The van der Waals surface area contributed by atoms with Crippen LogP contribution in [0.25, 0.3) is 11.0 Å². The average Bonchev–Trinajstić information content (AvgIpc) is 2.75. The second-order valence-electron chi connectivity index (χ2n) is 3.70. The van der Waals surface area contributed by atoms with E-state index in [4.69, 9.17) is 0 Å². The van der Waals surface area contributed by atoms with E-state index in [-0.39, 0.29) is 0 Å². The number of aliphatic hydroxyl groups excluding tert-OH is 2. The summed E-state index contributed by atoms with van der Waals surface area (Å²) in [5.41, 5.74) is 2.32. The Morgan fingerprint density at radius 2 is 2.25 bits per heavy atom. The number of pyridine rings is 1. The van der Waals surface area contributed by atoms with E-state index in [1.165, 1.54) is 0 Å². The number of nitrogens with zero attached hydrogens (tertiary/aromatic N) is 1. The molecule has 0 aliphatic carbocycles. The number of aliphatic hydroxyl groups is 2. The highest BCUT2D eigenvalue weighted by Crippen LogP contribution is 2.21. The predicted octanol–water partition coefficient (Wildman–Crippen LogP) is 1.28. The monoisotopic (exact) mass is 238 g/mol. The van der Waals surface area contributed by atoms with Crippen LogP contribution in [0.4, 0.5) is 0 Å². The van der Waals surface area contributed by atoms with E-state index in [1.54, 1.807) is 18.5 Å². The van der Waals surface area contributed by atoms with Crippen LogP contribution in [0.3, 0.4) is 0 Å². The summed E-state index contributed by atoms with van der Waals surface area (Å²) >= 11 is 4.02. The maximum atomic E-state index is 9.88. The molecule has 86 valence electrons. The summed E-state index contributed by atoms with van der Waals surface area (Å²) in [6.07, 6.45) is 2.12. The average molecular weight is 238 g/mol. The SMILES string of the molecule is OC(CCS)C(O)c1cnc2cc[nH]c2c1. The van der Waals surface area contributed by atoms with E-state index in [0.717, 1.165) is 11.0 Å². The molecule has 0 spiro atoms. The van der Waals surface area contributed by atoms with Gasteiger partial charge in [0.25, 0.3) is 0 Å². The van der Waals surface area contributed by atoms with Crippen LogP contribution in [0.15, 0.2) is 24.5 Å². The van der Waals surface area contributed by atoms with Crippen molar-refractivity contribution in [3.05, 3.63) is 30.1 Å². The van der Waals surface area contributed by atoms with Crippen LogP contribution < -0.4 is 0 Å². The summed E-state index contributed by atoms with van der Waals surface area (Å²) in [7, 11) is 0. The third-order valence-electron chi connectivity index (χ3n) is 2.55. The van der Waals surface area contributed by atoms with Crippen LogP contribution >= 0.6 is 12.6 Å². The summed E-state index contributed by atoms with van der Waals surface area (Å²) in [6, 6.07) is 3.66. The predicted molar refractivity (Wildman–Crippen MR) is 65.5 cm³/mol. The smallest absolute Gasteiger partial charge is 0.106 e. The first kappa shape index (κ1) is 11.4. The number of aromatic nitrogens is 2. The third kappa shape index (κ3) is 2.21. The van der Waals surface area contributed by atoms with Gasteiger partial charge < -0.3 is 15.2 Å². The topological polar surface area (TPSA) is 69.1 Å². The minimum absolute atomic E-state index is 0.451. The van der Waals surface area contributed by atoms with Crippen molar-refractivity contribution in [3.63, 3.8) is 0 Å². The van der Waals surface area contributed by atoms with E-state index in [1.807, 2.05) is 6.07 Å². The van der Waals surface area contributed by atoms with Crippen LogP contribution in [0.1, 0.15) is 18.1 Å². The van der Waals surface area contributed by atoms with Crippen LogP contribution in [0, 0.1) is 0 Å². The van der Waals surface area contributed by atoms with Gasteiger partial charge in [-0.15, -0.1) is 0 Å². The van der Waals surface area contributed by atoms with Gasteiger partial charge in [0.1, 0.15) is 6.10 Å². The molecule has 3 N–H and O–H groups in total. The Balaban J connectivity index is 2.24. The van der Waals surface area contributed by atoms with Gasteiger partial charge in [-0.25, -0.2) is 0 Å². The maximum Gasteiger partial charge on any atom is 0.106 e. The molecule has 2 heterocycles. The molecule has 0 saturated carbocycles. The highest BCUT2D eigenvalue weighted by molar-refractivity contribution is 7.80. The van der Waals surface area contributed by atoms with Crippen molar-refractivity contribution in [2.24, 2.45) is 0 Å². The Morgan fingerprint density at radius 3 is 3.00 bits per heavy atom. The number of H-pyrrole nitrogens is 1. The van der Waals surface area contributed by atoms with Crippen molar-refractivity contribution < 1.29 is 10.2 Å². The molecule has 0 amide bonds. The van der Waals surface area contributed by atoms with Gasteiger partial charge in [0.2, 0.25) is 0 Å². The minimum Gasteiger partial charge on any atom is -0.390 e. The number of thiol groups is 1. The van der Waals surface area contributed by atoms with Gasteiger partial charge in [0.05, 0.1) is 17.1 Å². The quantitative estimate of drug-likeness (QED) is 0.606. The highest BCUT2D eigenvalue weighted by Gasteiger charge is 2.18. The lowest BCUT2D eigenvalue weighted by Gasteiger charge is -2.16. The summed E-state index contributed by atoms with van der Waals surface area (Å²) in [4.78, 5) is 7.20. The zero-order chi connectivity index (χ0) is 11.5. The molecule has 2 aromatic rings. The Kier molecular flexibility index (Phi) is 3.48. The maximum absolute atomic E-state index is 9.88. The highest BCUT2D eigenvalue weighted by atomic mass is 32.1. The molecule has 0 aliphatic rings. The van der Waals surface area contributed by atoms with Crippen molar-refractivity contribution in [2.75, 3.05) is 5.75 Å². The Morgan fingerprint density at radius 1 is 1.44 bits per heavy atom. The van der Waals surface area contributed by atoms with E-state index in [0.29, 0.717) is 17.7 Å². The molecule has 0 saturated heterocycles. The van der Waals surface area contributed by atoms with Crippen molar-refractivity contribution in [3.8, 4) is 0 Å². The standard InChI is InChI=1S/C11H14N2O2S/c14-10(2-4-16)11(15)7-5-9-8(13-6-7)1-3-12-9/h1,3,5-6,10-12,14-16H,2,4H2. The number of hydrogen-bond acceptors (Lipinski definition) is 4. The van der Waals surface area contributed by atoms with Gasteiger partial charge in [-0.05, 0) is 24.3 Å². The van der Waals surface area contributed by atoms with Crippen molar-refractivity contribution in [1.82, 2.24) is 9.97 Å². The lowest BCUT2D eigenvalue weighted by Crippen LogP contribution is -2.18. The number of rotatable bonds is 4. The van der Waals surface area contributed by atoms with Crippen LogP contribution in [0.2, 0.25) is 0 Å². The number of hydrogen-bond donors (Lipinski definition) is 4. The second kappa shape index (κ2) is 4.86. The van der Waals surface area contributed by atoms with Gasteiger partial charge in [-0.2, -0.15) is 12.6 Å². The fraction of sp³-hybridized carbons (Fsp3) is 0.364. The normalized spacial score (nSPS) is 15.2. The largest absolute Gasteiger partial charge is 0.390 e. The number of nitrogens with one attached hydrogen (secondary N) is 1. The third-order valence-corrected chi connectivity index (χ3v) is 2.81. The molecular formula is C11H14N2O2S. The second-order valence-corrected chi connectivity index (χ2v) is 4.15. The molecule has 2 aromatic heterocycles. The molecule has 0 aromatic carbocycles. The summed E-state index contributed by atoms with van der Waals surface area (Å²) in [6.45, 7) is 0. The Hall–Kier alpha value is -1.04. The molecule has 4 nitrogen and oxygen atoms in total. The number of aromatic amines is 1. The fourth-order valence-corrected chi connectivity index (χ4v) is 1.89. The minimum atomic E-state index is -0.910. The first-order chi connectivity index (χ1) is 7.72. The first-order valence-electron chi connectivity index (χ1n) is 5.12. The van der Waals surface area contributed by atoms with E-state index in [9.17, 15) is 10.2 Å². The Bertz CT molecular complexity index is 472. The molecular weight excluding hydrogens is 224 g/mol. The zero-order valence-corrected chi connectivity index (χ0v) is 9.56. The van der Waals surface area contributed by atoms with Gasteiger partial charge in [-0.1, -0.05) is 0 Å². The molecule has 0 radical (unpaired) electrons. The first-order valence-corrected chi connectivity index (χ1v) is 5.75. The van der Waals surface area contributed by atoms with Crippen LogP contribution in [-0.4, -0.2) is 32.0 Å². The van der Waals surface area contributed by atoms with Gasteiger partial charge in [0, 0.05) is 18.0 Å². The van der Waals surface area contributed by atoms with E-state index < -0.39 is 12.2 Å². The van der Waals surface area contributed by atoms with E-state index in [2.05, 4.69) is 22.6 Å². The van der Waals surface area contributed by atoms with Crippen LogP contribution in [0.5, 0.6) is 0 Å². The van der Waals surface area contributed by atoms with Crippen molar-refractivity contribution in [2.45, 2.75) is 18.6 Å². The van der Waals surface area contributed by atoms with Crippen molar-refractivity contribution >= 4 is 23.7 Å². The molecule has 0 aliphatic heterocycles. The van der Waals surface area contributed by atoms with Gasteiger partial charge >= 0.3 is 0 Å². The molecule has 5 heteroatoms. The van der Waals surface area contributed by atoms with E-state index >= 15 is 0 Å². The zero-order valence-electron chi connectivity index (χ0n) is 8.67. The fourth-order valence-electron chi connectivity index (χ4n) is 1.62. The number of fused-ring (bicyclic) bond motifs is 1. The Labute approximate surface area is 98.7 Å². The van der Waals surface area contributed by atoms with Gasteiger partial charge in [-0.3, -0.25) is 4.98 Å². The molecule has 2 unspecified atom stereocenters. The molecule has 2 atom stereocenters. The molecule has 2 rings (SSSR count).